The fourth-order valence-corrected chi connectivity index (χ4v) is 4.30. The van der Waals surface area contributed by atoms with Gasteiger partial charge in [-0.15, -0.1) is 0 Å². The fraction of sp³-hybridized carbons (Fsp3) is 0.120. The smallest absolute Gasteiger partial charge is 0.307 e. The van der Waals surface area contributed by atoms with Crippen molar-refractivity contribution in [2.45, 2.75) is 19.4 Å². The molecule has 5 rings (SSSR count). The number of hydrogen-bond donors (Lipinski definition) is 4. The van der Waals surface area contributed by atoms with Crippen LogP contribution in [0, 0.1) is 0 Å². The van der Waals surface area contributed by atoms with E-state index in [1.165, 1.54) is 0 Å². The quantitative estimate of drug-likeness (QED) is 0.242. The van der Waals surface area contributed by atoms with E-state index < -0.39 is 0 Å². The van der Waals surface area contributed by atoms with E-state index in [-0.39, 0.29) is 16.9 Å². The number of ether oxygens (including phenoxy) is 2. The molecule has 34 heavy (non-hydrogen) atoms. The molecule has 0 aliphatic carbocycles. The average Bonchev–Trinajstić information content (AvgIpc) is 3.38. The normalized spacial score (nSPS) is 12.0. The van der Waals surface area contributed by atoms with Gasteiger partial charge in [0.2, 0.25) is 5.88 Å². The summed E-state index contributed by atoms with van der Waals surface area (Å²) in [6.45, 7) is 1.92. The Morgan fingerprint density at radius 2 is 1.71 bits per heavy atom. The van der Waals surface area contributed by atoms with Gasteiger partial charge in [0.1, 0.15) is 23.1 Å². The molecule has 0 saturated carbocycles. The molecule has 1 unspecified atom stereocenters. The largest absolute Gasteiger partial charge is 0.494 e. The molecule has 0 radical (unpaired) electrons. The minimum atomic E-state index is -0.307. The third kappa shape index (κ3) is 4.74. The molecular weight excluding hydrogens is 452 g/mol. The molecule has 0 amide bonds. The summed E-state index contributed by atoms with van der Waals surface area (Å²) in [4.78, 5) is 22.0. The molecule has 5 N–H and O–H groups in total. The van der Waals surface area contributed by atoms with Gasteiger partial charge in [0, 0.05) is 18.2 Å². The Morgan fingerprint density at radius 3 is 2.41 bits per heavy atom. The first kappa shape index (κ1) is 21.6. The van der Waals surface area contributed by atoms with Gasteiger partial charge in [-0.1, -0.05) is 23.5 Å². The molecule has 0 aliphatic rings. The highest BCUT2D eigenvalue weighted by Crippen LogP contribution is 2.28. The number of aromatic amines is 2. The summed E-state index contributed by atoms with van der Waals surface area (Å²) in [6, 6.07) is 20.4. The zero-order valence-electron chi connectivity index (χ0n) is 18.2. The highest BCUT2D eigenvalue weighted by molar-refractivity contribution is 7.09. The number of hydrogen-bond acceptors (Lipinski definition) is 7. The lowest BCUT2D eigenvalue weighted by Crippen LogP contribution is -2.05. The zero-order chi connectivity index (χ0) is 23.7. The minimum Gasteiger partial charge on any atom is -0.494 e. The van der Waals surface area contributed by atoms with Crippen molar-refractivity contribution in [3.63, 3.8) is 0 Å². The molecule has 0 aliphatic heterocycles. The second kappa shape index (κ2) is 8.95. The molecule has 0 spiro atoms. The van der Waals surface area contributed by atoms with E-state index in [1.807, 2.05) is 61.5 Å². The van der Waals surface area contributed by atoms with Gasteiger partial charge in [-0.05, 0) is 61.0 Å². The van der Waals surface area contributed by atoms with Crippen LogP contribution in [0.5, 0.6) is 23.1 Å². The maximum Gasteiger partial charge on any atom is 0.307 e. The second-order valence-electron chi connectivity index (χ2n) is 7.84. The van der Waals surface area contributed by atoms with Crippen LogP contribution in [0.1, 0.15) is 29.3 Å². The number of nitrogen functional groups attached to an aromatic ring is 1. The summed E-state index contributed by atoms with van der Waals surface area (Å²) in [5, 5.41) is 9.76. The number of rotatable bonds is 7. The van der Waals surface area contributed by atoms with Crippen molar-refractivity contribution in [3.05, 3.63) is 92.7 Å². The first-order chi connectivity index (χ1) is 16.4. The van der Waals surface area contributed by atoms with E-state index in [4.69, 9.17) is 15.2 Å². The van der Waals surface area contributed by atoms with Crippen molar-refractivity contribution in [1.82, 2.24) is 15.0 Å². The van der Waals surface area contributed by atoms with Crippen molar-refractivity contribution in [2.75, 3.05) is 5.73 Å². The standard InChI is InChI=1S/C25H22N4O4S/c1-14(32-17-6-2-15(3-7-17)12-22-24(30)29-25(31)34-22)23-27-20-11-10-19(13-21(20)28-23)33-18-8-4-16(26)5-9-18/h2-11,13-14,30H,12,26H2,1H3,(H,27,28)(H,29,31). The van der Waals surface area contributed by atoms with Gasteiger partial charge in [0.15, 0.2) is 6.10 Å². The number of nitrogens with zero attached hydrogens (tertiary/aromatic N) is 1. The van der Waals surface area contributed by atoms with Crippen molar-refractivity contribution < 1.29 is 14.6 Å². The molecular formula is C25H22N4O4S. The van der Waals surface area contributed by atoms with Crippen LogP contribution < -0.4 is 20.1 Å². The molecule has 172 valence electrons. The van der Waals surface area contributed by atoms with E-state index in [0.29, 0.717) is 40.1 Å². The topological polar surface area (TPSA) is 126 Å². The van der Waals surface area contributed by atoms with Gasteiger partial charge in [-0.3, -0.25) is 9.78 Å². The maximum absolute atomic E-state index is 11.4. The molecule has 0 bridgehead atoms. The summed E-state index contributed by atoms with van der Waals surface area (Å²) < 4.78 is 12.0. The van der Waals surface area contributed by atoms with Crippen molar-refractivity contribution in [3.8, 4) is 23.1 Å². The van der Waals surface area contributed by atoms with E-state index >= 15 is 0 Å². The van der Waals surface area contributed by atoms with Crippen LogP contribution in [0.15, 0.2) is 71.5 Å². The Balaban J connectivity index is 1.26. The summed E-state index contributed by atoms with van der Waals surface area (Å²) >= 11 is 1.01. The van der Waals surface area contributed by atoms with Crippen LogP contribution in [0.2, 0.25) is 0 Å². The number of fused-ring (bicyclic) bond motifs is 1. The van der Waals surface area contributed by atoms with Crippen LogP contribution in [0.25, 0.3) is 11.0 Å². The van der Waals surface area contributed by atoms with Crippen LogP contribution in [0.3, 0.4) is 0 Å². The molecule has 5 aromatic rings. The Morgan fingerprint density at radius 1 is 1.00 bits per heavy atom. The molecule has 2 aromatic heterocycles. The predicted octanol–water partition coefficient (Wildman–Crippen LogP) is 5.12. The van der Waals surface area contributed by atoms with Crippen LogP contribution >= 0.6 is 11.3 Å². The van der Waals surface area contributed by atoms with Crippen LogP contribution in [0.4, 0.5) is 5.69 Å². The Kier molecular flexibility index (Phi) is 5.69. The Labute approximate surface area is 198 Å². The summed E-state index contributed by atoms with van der Waals surface area (Å²) in [5.74, 6) is 2.71. The molecule has 0 saturated heterocycles. The number of H-pyrrole nitrogens is 2. The predicted molar refractivity (Wildman–Crippen MR) is 132 cm³/mol. The third-order valence-corrected chi connectivity index (χ3v) is 6.15. The number of anilines is 1. The van der Waals surface area contributed by atoms with Gasteiger partial charge in [-0.2, -0.15) is 0 Å². The minimum absolute atomic E-state index is 0.0733. The first-order valence-corrected chi connectivity index (χ1v) is 11.4. The van der Waals surface area contributed by atoms with E-state index in [2.05, 4.69) is 15.0 Å². The molecule has 0 fully saturated rings. The number of thiazole rings is 1. The lowest BCUT2D eigenvalue weighted by molar-refractivity contribution is 0.218. The summed E-state index contributed by atoms with van der Waals surface area (Å²) in [6.07, 6.45) is 0.161. The second-order valence-corrected chi connectivity index (χ2v) is 8.91. The maximum atomic E-state index is 11.4. The lowest BCUT2D eigenvalue weighted by atomic mass is 10.1. The Bertz CT molecular complexity index is 1490. The highest BCUT2D eigenvalue weighted by Gasteiger charge is 2.14. The molecule has 3 aromatic carbocycles. The molecule has 2 heterocycles. The lowest BCUT2D eigenvalue weighted by Gasteiger charge is -2.12. The number of aromatic nitrogens is 3. The first-order valence-electron chi connectivity index (χ1n) is 10.6. The number of benzene rings is 3. The van der Waals surface area contributed by atoms with Gasteiger partial charge >= 0.3 is 4.87 Å². The van der Waals surface area contributed by atoms with Crippen LogP contribution in [-0.2, 0) is 6.42 Å². The summed E-state index contributed by atoms with van der Waals surface area (Å²) in [5.41, 5.74) is 9.03. The van der Waals surface area contributed by atoms with E-state index in [0.717, 1.165) is 27.9 Å². The average molecular weight is 475 g/mol. The van der Waals surface area contributed by atoms with E-state index in [1.54, 1.807) is 12.1 Å². The Hall–Kier alpha value is -4.24. The SMILES string of the molecule is CC(Oc1ccc(Cc2sc(=O)[nH]c2O)cc1)c1nc2ccc(Oc3ccc(N)cc3)cc2[nH]1. The number of nitrogens with one attached hydrogen (secondary N) is 2. The van der Waals surface area contributed by atoms with Gasteiger partial charge in [0.25, 0.3) is 0 Å². The molecule has 8 nitrogen and oxygen atoms in total. The summed E-state index contributed by atoms with van der Waals surface area (Å²) in [7, 11) is 0. The van der Waals surface area contributed by atoms with Crippen LogP contribution in [-0.4, -0.2) is 20.1 Å². The monoisotopic (exact) mass is 474 g/mol. The zero-order valence-corrected chi connectivity index (χ0v) is 19.1. The molecule has 9 heteroatoms. The van der Waals surface area contributed by atoms with Crippen molar-refractivity contribution in [1.29, 1.82) is 0 Å². The number of nitrogens with two attached hydrogens (primary N) is 1. The number of imidazole rings is 1. The van der Waals surface area contributed by atoms with Gasteiger partial charge in [-0.25, -0.2) is 4.98 Å². The number of aromatic hydroxyl groups is 1. The van der Waals surface area contributed by atoms with Gasteiger partial charge in [0.05, 0.1) is 15.9 Å². The van der Waals surface area contributed by atoms with E-state index in [9.17, 15) is 9.90 Å². The third-order valence-electron chi connectivity index (χ3n) is 5.27. The molecule has 1 atom stereocenters. The van der Waals surface area contributed by atoms with Crippen molar-refractivity contribution >= 4 is 28.1 Å². The van der Waals surface area contributed by atoms with Crippen molar-refractivity contribution in [2.24, 2.45) is 0 Å². The highest BCUT2D eigenvalue weighted by atomic mass is 32.1. The fourth-order valence-electron chi connectivity index (χ4n) is 3.54. The van der Waals surface area contributed by atoms with Gasteiger partial charge < -0.3 is 25.3 Å².